The highest BCUT2D eigenvalue weighted by molar-refractivity contribution is 6.30. The van der Waals surface area contributed by atoms with Crippen LogP contribution in [0.15, 0.2) is 47.6 Å². The zero-order valence-corrected chi connectivity index (χ0v) is 14.8. The van der Waals surface area contributed by atoms with Gasteiger partial charge in [0, 0.05) is 10.7 Å². The van der Waals surface area contributed by atoms with Crippen molar-refractivity contribution < 1.29 is 14.3 Å². The van der Waals surface area contributed by atoms with E-state index in [0.717, 1.165) is 11.3 Å². The summed E-state index contributed by atoms with van der Waals surface area (Å²) in [6.07, 6.45) is 1.54. The summed E-state index contributed by atoms with van der Waals surface area (Å²) in [7, 11) is 1.57. The predicted octanol–water partition coefficient (Wildman–Crippen LogP) is 3.31. The predicted molar refractivity (Wildman–Crippen MR) is 99.8 cm³/mol. The molecule has 0 saturated heterocycles. The van der Waals surface area contributed by atoms with Gasteiger partial charge in [-0.05, 0) is 55.0 Å². The molecule has 0 radical (unpaired) electrons. The van der Waals surface area contributed by atoms with Crippen molar-refractivity contribution in [1.82, 2.24) is 5.43 Å². The number of hydrogen-bond acceptors (Lipinski definition) is 5. The lowest BCUT2D eigenvalue weighted by Gasteiger charge is -2.09. The molecule has 25 heavy (non-hydrogen) atoms. The third-order valence-corrected chi connectivity index (χ3v) is 3.44. The molecule has 0 unspecified atom stereocenters. The number of anilines is 1. The van der Waals surface area contributed by atoms with Crippen molar-refractivity contribution in [2.45, 2.75) is 6.92 Å². The lowest BCUT2D eigenvalue weighted by molar-refractivity contribution is -0.119. The highest BCUT2D eigenvalue weighted by Crippen LogP contribution is 2.27. The fraction of sp³-hybridized carbons (Fsp3) is 0.222. The van der Waals surface area contributed by atoms with Gasteiger partial charge in [0.05, 0.1) is 26.5 Å². The number of halogens is 1. The Kier molecular flexibility index (Phi) is 7.10. The molecule has 2 N–H and O–H groups in total. The number of ether oxygens (including phenoxy) is 2. The van der Waals surface area contributed by atoms with Crippen LogP contribution in [0.2, 0.25) is 5.02 Å². The Morgan fingerprint density at radius 1 is 1.20 bits per heavy atom. The molecule has 0 aromatic heterocycles. The highest BCUT2D eigenvalue weighted by atomic mass is 35.5. The van der Waals surface area contributed by atoms with Crippen molar-refractivity contribution in [1.29, 1.82) is 0 Å². The van der Waals surface area contributed by atoms with Gasteiger partial charge in [-0.2, -0.15) is 5.10 Å². The quantitative estimate of drug-likeness (QED) is 0.559. The number of hydrazone groups is 1. The van der Waals surface area contributed by atoms with Crippen LogP contribution < -0.4 is 20.2 Å². The first-order chi connectivity index (χ1) is 12.1. The number of nitrogens with zero attached hydrogens (tertiary/aromatic N) is 1. The van der Waals surface area contributed by atoms with Crippen molar-refractivity contribution in [2.24, 2.45) is 5.10 Å². The molecule has 0 spiro atoms. The number of hydrogen-bond donors (Lipinski definition) is 2. The smallest absolute Gasteiger partial charge is 0.259 e. The first-order valence-electron chi connectivity index (χ1n) is 7.74. The minimum atomic E-state index is -0.260. The SMILES string of the molecule is CCOc1ccc(/C=N\NC(=O)CNc2ccc(Cl)cc2)cc1OC. The molecule has 2 aromatic rings. The van der Waals surface area contributed by atoms with Crippen LogP contribution >= 0.6 is 11.6 Å². The molecule has 0 aliphatic heterocycles. The van der Waals surface area contributed by atoms with E-state index >= 15 is 0 Å². The number of carbonyl (C=O) groups excluding carboxylic acids is 1. The second-order valence-corrected chi connectivity index (χ2v) is 5.43. The first kappa shape index (κ1) is 18.6. The first-order valence-corrected chi connectivity index (χ1v) is 8.12. The fourth-order valence-electron chi connectivity index (χ4n) is 2.01. The average molecular weight is 362 g/mol. The molecule has 0 aliphatic carbocycles. The summed E-state index contributed by atoms with van der Waals surface area (Å²) in [5.41, 5.74) is 4.05. The molecule has 2 rings (SSSR count). The van der Waals surface area contributed by atoms with E-state index < -0.39 is 0 Å². The maximum Gasteiger partial charge on any atom is 0.259 e. The molecule has 0 fully saturated rings. The van der Waals surface area contributed by atoms with Crippen LogP contribution in [-0.2, 0) is 4.79 Å². The van der Waals surface area contributed by atoms with E-state index in [1.165, 1.54) is 0 Å². The lowest BCUT2D eigenvalue weighted by atomic mass is 10.2. The number of carbonyl (C=O) groups is 1. The van der Waals surface area contributed by atoms with Crippen LogP contribution in [0.4, 0.5) is 5.69 Å². The van der Waals surface area contributed by atoms with Crippen LogP contribution in [-0.4, -0.2) is 32.4 Å². The van der Waals surface area contributed by atoms with Gasteiger partial charge in [-0.25, -0.2) is 5.43 Å². The Morgan fingerprint density at radius 3 is 2.64 bits per heavy atom. The number of rotatable bonds is 8. The van der Waals surface area contributed by atoms with E-state index in [1.54, 1.807) is 49.7 Å². The summed E-state index contributed by atoms with van der Waals surface area (Å²) in [5.74, 6) is 1.02. The Labute approximate surface area is 151 Å². The van der Waals surface area contributed by atoms with Gasteiger partial charge in [-0.15, -0.1) is 0 Å². The van der Waals surface area contributed by atoms with Crippen molar-refractivity contribution in [3.8, 4) is 11.5 Å². The summed E-state index contributed by atoms with van der Waals surface area (Å²) in [5, 5.41) is 7.56. The molecular weight excluding hydrogens is 342 g/mol. The van der Waals surface area contributed by atoms with Gasteiger partial charge in [0.25, 0.3) is 5.91 Å². The van der Waals surface area contributed by atoms with Gasteiger partial charge < -0.3 is 14.8 Å². The number of nitrogens with one attached hydrogen (secondary N) is 2. The van der Waals surface area contributed by atoms with Gasteiger partial charge in [-0.3, -0.25) is 4.79 Å². The van der Waals surface area contributed by atoms with E-state index in [-0.39, 0.29) is 12.5 Å². The fourth-order valence-corrected chi connectivity index (χ4v) is 2.13. The zero-order chi connectivity index (χ0) is 18.1. The van der Waals surface area contributed by atoms with E-state index in [4.69, 9.17) is 21.1 Å². The second kappa shape index (κ2) is 9.54. The molecule has 0 atom stereocenters. The molecule has 2 aromatic carbocycles. The normalized spacial score (nSPS) is 10.5. The summed E-state index contributed by atoms with van der Waals surface area (Å²) >= 11 is 5.81. The maximum absolute atomic E-state index is 11.8. The van der Waals surface area contributed by atoms with Crippen molar-refractivity contribution >= 4 is 29.4 Å². The average Bonchev–Trinajstić information content (AvgIpc) is 2.62. The molecule has 7 heteroatoms. The largest absolute Gasteiger partial charge is 0.493 e. The van der Waals surface area contributed by atoms with Crippen molar-refractivity contribution in [2.75, 3.05) is 25.6 Å². The Hall–Kier alpha value is -2.73. The van der Waals surface area contributed by atoms with E-state index in [9.17, 15) is 4.79 Å². The van der Waals surface area contributed by atoms with E-state index in [2.05, 4.69) is 15.8 Å². The van der Waals surface area contributed by atoms with E-state index in [0.29, 0.717) is 23.1 Å². The van der Waals surface area contributed by atoms with Crippen LogP contribution in [0, 0.1) is 0 Å². The van der Waals surface area contributed by atoms with Crippen molar-refractivity contribution in [3.05, 3.63) is 53.1 Å². The van der Waals surface area contributed by atoms with Crippen molar-refractivity contribution in [3.63, 3.8) is 0 Å². The standard InChI is InChI=1S/C18H20ClN3O3/c1-3-25-16-9-4-13(10-17(16)24-2)11-21-22-18(23)12-20-15-7-5-14(19)6-8-15/h4-11,20H,3,12H2,1-2H3,(H,22,23)/b21-11-. The molecule has 0 aliphatic rings. The van der Waals surface area contributed by atoms with Crippen LogP contribution in [0.1, 0.15) is 12.5 Å². The van der Waals surface area contributed by atoms with Gasteiger partial charge in [0.2, 0.25) is 0 Å². The van der Waals surface area contributed by atoms with Gasteiger partial charge in [0.1, 0.15) is 0 Å². The number of methoxy groups -OCH3 is 1. The zero-order valence-electron chi connectivity index (χ0n) is 14.1. The summed E-state index contributed by atoms with van der Waals surface area (Å²) < 4.78 is 10.7. The molecular formula is C18H20ClN3O3. The molecule has 0 bridgehead atoms. The minimum Gasteiger partial charge on any atom is -0.493 e. The third-order valence-electron chi connectivity index (χ3n) is 3.19. The van der Waals surface area contributed by atoms with Crippen LogP contribution in [0.5, 0.6) is 11.5 Å². The summed E-state index contributed by atoms with van der Waals surface area (Å²) in [6.45, 7) is 2.56. The molecule has 6 nitrogen and oxygen atoms in total. The van der Waals surface area contributed by atoms with Gasteiger partial charge in [0.15, 0.2) is 11.5 Å². The minimum absolute atomic E-state index is 0.103. The highest BCUT2D eigenvalue weighted by Gasteiger charge is 2.04. The van der Waals surface area contributed by atoms with Crippen LogP contribution in [0.25, 0.3) is 0 Å². The number of benzene rings is 2. The topological polar surface area (TPSA) is 72.0 Å². The Bertz CT molecular complexity index is 733. The molecule has 1 amide bonds. The second-order valence-electron chi connectivity index (χ2n) is 5.00. The Balaban J connectivity index is 1.85. The number of amides is 1. The third kappa shape index (κ3) is 6.00. The summed E-state index contributed by atoms with van der Waals surface area (Å²) in [4.78, 5) is 11.8. The summed E-state index contributed by atoms with van der Waals surface area (Å²) in [6, 6.07) is 12.5. The van der Waals surface area contributed by atoms with Crippen LogP contribution in [0.3, 0.4) is 0 Å². The molecule has 0 saturated carbocycles. The maximum atomic E-state index is 11.8. The molecule has 0 heterocycles. The van der Waals surface area contributed by atoms with E-state index in [1.807, 2.05) is 13.0 Å². The molecule has 132 valence electrons. The lowest BCUT2D eigenvalue weighted by Crippen LogP contribution is -2.25. The Morgan fingerprint density at radius 2 is 1.96 bits per heavy atom. The monoisotopic (exact) mass is 361 g/mol. The van der Waals surface area contributed by atoms with Gasteiger partial charge >= 0.3 is 0 Å². The van der Waals surface area contributed by atoms with Gasteiger partial charge in [-0.1, -0.05) is 11.6 Å².